The van der Waals surface area contributed by atoms with Crippen LogP contribution in [0.2, 0.25) is 0 Å². The molecule has 3 nitrogen and oxygen atoms in total. The number of hydrogen-bond acceptors (Lipinski definition) is 3. The minimum absolute atomic E-state index is 0.0544. The number of carbonyl (C=O) groups excluding carboxylic acids is 1. The largest absolute Gasteiger partial charge is 0.396 e. The highest BCUT2D eigenvalue weighted by Crippen LogP contribution is 2.27. The van der Waals surface area contributed by atoms with Crippen LogP contribution < -0.4 is 5.32 Å². The second-order valence-electron chi connectivity index (χ2n) is 5.97. The molecule has 0 aliphatic carbocycles. The minimum Gasteiger partial charge on any atom is -0.396 e. The summed E-state index contributed by atoms with van der Waals surface area (Å²) in [5.74, 6) is -0.421. The number of carbonyl (C=O) groups is 1. The molecule has 1 aromatic carbocycles. The Balaban J connectivity index is 2.02. The smallest absolute Gasteiger partial charge is 0.261 e. The summed E-state index contributed by atoms with van der Waals surface area (Å²) < 4.78 is 13.9. The number of aliphatic hydroxyl groups excluding tert-OH is 1. The maximum Gasteiger partial charge on any atom is 0.261 e. The lowest BCUT2D eigenvalue weighted by molar-refractivity contribution is 0.0937. The third-order valence-electron chi connectivity index (χ3n) is 3.45. The molecule has 2 N–H and O–H groups in total. The van der Waals surface area contributed by atoms with E-state index < -0.39 is 0 Å². The summed E-state index contributed by atoms with van der Waals surface area (Å²) in [6, 6.07) is 6.31. The summed E-state index contributed by atoms with van der Waals surface area (Å²) in [5.41, 5.74) is -0.0544. The van der Waals surface area contributed by atoms with Crippen molar-refractivity contribution in [3.05, 3.63) is 35.0 Å². The Morgan fingerprint density at radius 2 is 2.14 bits per heavy atom. The first kappa shape index (κ1) is 15.9. The second-order valence-corrected chi connectivity index (χ2v) is 7.05. The van der Waals surface area contributed by atoms with E-state index in [1.54, 1.807) is 12.1 Å². The Labute approximate surface area is 127 Å². The molecule has 0 saturated heterocycles. The van der Waals surface area contributed by atoms with Gasteiger partial charge in [-0.3, -0.25) is 4.79 Å². The summed E-state index contributed by atoms with van der Waals surface area (Å²) in [4.78, 5) is 12.8. The number of thiophene rings is 1. The first-order chi connectivity index (χ1) is 9.91. The van der Waals surface area contributed by atoms with E-state index >= 15 is 0 Å². The van der Waals surface area contributed by atoms with Crippen molar-refractivity contribution in [2.24, 2.45) is 5.41 Å². The maximum absolute atomic E-state index is 13.2. The van der Waals surface area contributed by atoms with Crippen LogP contribution in [0, 0.1) is 11.2 Å². The molecule has 0 fully saturated rings. The maximum atomic E-state index is 13.2. The fourth-order valence-corrected chi connectivity index (χ4v) is 3.17. The molecule has 21 heavy (non-hydrogen) atoms. The molecule has 0 spiro atoms. The fourth-order valence-electron chi connectivity index (χ4n) is 2.17. The lowest BCUT2D eigenvalue weighted by atomic mass is 9.88. The van der Waals surface area contributed by atoms with Gasteiger partial charge in [0.2, 0.25) is 0 Å². The first-order valence-corrected chi connectivity index (χ1v) is 7.81. The van der Waals surface area contributed by atoms with Gasteiger partial charge in [0.1, 0.15) is 5.82 Å². The first-order valence-electron chi connectivity index (χ1n) is 6.99. The van der Waals surface area contributed by atoms with Crippen LogP contribution in [-0.4, -0.2) is 24.2 Å². The summed E-state index contributed by atoms with van der Waals surface area (Å²) in [7, 11) is 0. The Hall–Kier alpha value is -1.46. The van der Waals surface area contributed by atoms with Crippen LogP contribution in [0.1, 0.15) is 36.4 Å². The number of halogens is 1. The molecular formula is C16H20FNO2S. The number of amides is 1. The third-order valence-corrected chi connectivity index (χ3v) is 4.54. The van der Waals surface area contributed by atoms with Crippen molar-refractivity contribution in [3.63, 3.8) is 0 Å². The van der Waals surface area contributed by atoms with Crippen molar-refractivity contribution in [2.45, 2.75) is 26.7 Å². The predicted octanol–water partition coefficient (Wildman–Crippen LogP) is 3.57. The highest BCUT2D eigenvalue weighted by molar-refractivity contribution is 7.20. The van der Waals surface area contributed by atoms with Crippen molar-refractivity contribution >= 4 is 27.3 Å². The molecule has 1 aromatic heterocycles. The number of hydrogen-bond donors (Lipinski definition) is 2. The highest BCUT2D eigenvalue weighted by Gasteiger charge is 2.19. The van der Waals surface area contributed by atoms with Crippen LogP contribution in [0.3, 0.4) is 0 Å². The lowest BCUT2D eigenvalue weighted by Gasteiger charge is -2.24. The van der Waals surface area contributed by atoms with E-state index in [-0.39, 0.29) is 23.7 Å². The second kappa shape index (κ2) is 6.54. The zero-order valence-corrected chi connectivity index (χ0v) is 13.1. The molecule has 1 heterocycles. The fraction of sp³-hybridized carbons (Fsp3) is 0.438. The zero-order chi connectivity index (χ0) is 15.5. The van der Waals surface area contributed by atoms with Crippen molar-refractivity contribution in [1.82, 2.24) is 5.32 Å². The van der Waals surface area contributed by atoms with Gasteiger partial charge < -0.3 is 10.4 Å². The molecule has 0 atom stereocenters. The Morgan fingerprint density at radius 1 is 1.38 bits per heavy atom. The number of benzene rings is 1. The van der Waals surface area contributed by atoms with E-state index in [0.29, 0.717) is 11.4 Å². The molecule has 114 valence electrons. The Bertz CT molecular complexity index is 636. The van der Waals surface area contributed by atoms with Crippen LogP contribution in [0.15, 0.2) is 24.3 Å². The Morgan fingerprint density at radius 3 is 2.86 bits per heavy atom. The average Bonchev–Trinajstić information content (AvgIpc) is 2.85. The molecule has 5 heteroatoms. The summed E-state index contributed by atoms with van der Waals surface area (Å²) in [5, 5.41) is 12.7. The summed E-state index contributed by atoms with van der Waals surface area (Å²) in [6.45, 7) is 4.83. The number of fused-ring (bicyclic) bond motifs is 1. The predicted molar refractivity (Wildman–Crippen MR) is 84.2 cm³/mol. The number of rotatable bonds is 6. The molecule has 0 saturated carbocycles. The van der Waals surface area contributed by atoms with E-state index in [2.05, 4.69) is 19.2 Å². The van der Waals surface area contributed by atoms with Crippen LogP contribution in [0.4, 0.5) is 4.39 Å². The van der Waals surface area contributed by atoms with Gasteiger partial charge in [-0.05, 0) is 41.8 Å². The molecule has 0 aliphatic heterocycles. The molecule has 0 bridgehead atoms. The Kier molecular flexibility index (Phi) is 4.96. The van der Waals surface area contributed by atoms with Gasteiger partial charge in [-0.15, -0.1) is 11.3 Å². The third kappa shape index (κ3) is 4.25. The van der Waals surface area contributed by atoms with Crippen LogP contribution in [-0.2, 0) is 0 Å². The molecule has 0 unspecified atom stereocenters. The van der Waals surface area contributed by atoms with Crippen molar-refractivity contribution in [2.75, 3.05) is 13.2 Å². The van der Waals surface area contributed by atoms with Gasteiger partial charge in [0.15, 0.2) is 0 Å². The normalized spacial score (nSPS) is 11.8. The van der Waals surface area contributed by atoms with E-state index in [1.807, 2.05) is 0 Å². The number of nitrogens with one attached hydrogen (secondary N) is 1. The van der Waals surface area contributed by atoms with Crippen molar-refractivity contribution < 1.29 is 14.3 Å². The molecule has 2 aromatic rings. The SMILES string of the molecule is CC(C)(CCCO)CNC(=O)c1cc2ccc(F)cc2s1. The van der Waals surface area contributed by atoms with Crippen LogP contribution in [0.25, 0.3) is 10.1 Å². The van der Waals surface area contributed by atoms with E-state index in [9.17, 15) is 9.18 Å². The van der Waals surface area contributed by atoms with Gasteiger partial charge >= 0.3 is 0 Å². The quantitative estimate of drug-likeness (QED) is 0.857. The number of aliphatic hydroxyl groups is 1. The van der Waals surface area contributed by atoms with Gasteiger partial charge in [-0.25, -0.2) is 4.39 Å². The van der Waals surface area contributed by atoms with E-state index in [1.165, 1.54) is 23.5 Å². The molecule has 1 amide bonds. The van der Waals surface area contributed by atoms with Crippen molar-refractivity contribution in [1.29, 1.82) is 0 Å². The van der Waals surface area contributed by atoms with E-state index in [4.69, 9.17) is 5.11 Å². The molecule has 0 radical (unpaired) electrons. The zero-order valence-electron chi connectivity index (χ0n) is 12.3. The standard InChI is InChI=1S/C16H20FNO2S/c1-16(2,6-3-7-19)10-18-15(20)14-8-11-4-5-12(17)9-13(11)21-14/h4-5,8-9,19H,3,6-7,10H2,1-2H3,(H,18,20). The van der Waals surface area contributed by atoms with Gasteiger partial charge in [0.05, 0.1) is 4.88 Å². The van der Waals surface area contributed by atoms with Gasteiger partial charge in [-0.2, -0.15) is 0 Å². The van der Waals surface area contributed by atoms with Gasteiger partial charge in [0.25, 0.3) is 5.91 Å². The summed E-state index contributed by atoms with van der Waals surface area (Å²) in [6.07, 6.45) is 1.58. The van der Waals surface area contributed by atoms with E-state index in [0.717, 1.165) is 22.9 Å². The minimum atomic E-state index is -0.290. The molecule has 0 aliphatic rings. The van der Waals surface area contributed by atoms with Gasteiger partial charge in [0, 0.05) is 17.9 Å². The van der Waals surface area contributed by atoms with Crippen LogP contribution in [0.5, 0.6) is 0 Å². The lowest BCUT2D eigenvalue weighted by Crippen LogP contribution is -2.33. The van der Waals surface area contributed by atoms with Gasteiger partial charge in [-0.1, -0.05) is 19.9 Å². The molecule has 2 rings (SSSR count). The average molecular weight is 309 g/mol. The van der Waals surface area contributed by atoms with Crippen LogP contribution >= 0.6 is 11.3 Å². The summed E-state index contributed by atoms with van der Waals surface area (Å²) >= 11 is 1.30. The monoisotopic (exact) mass is 309 g/mol. The topological polar surface area (TPSA) is 49.3 Å². The highest BCUT2D eigenvalue weighted by atomic mass is 32.1. The van der Waals surface area contributed by atoms with Crippen molar-refractivity contribution in [3.8, 4) is 0 Å². The molecular weight excluding hydrogens is 289 g/mol.